The Labute approximate surface area is 229 Å². The number of hydrogen-bond acceptors (Lipinski definition) is 7. The van der Waals surface area contributed by atoms with E-state index in [1.165, 1.54) is 12.1 Å². The van der Waals surface area contributed by atoms with Gasteiger partial charge in [-0.15, -0.1) is 0 Å². The quantitative estimate of drug-likeness (QED) is 0.114. The summed E-state index contributed by atoms with van der Waals surface area (Å²) in [5.41, 5.74) is 2.10. The molecule has 1 aliphatic heterocycles. The number of furan rings is 1. The number of anilines is 1. The molecule has 0 saturated carbocycles. The van der Waals surface area contributed by atoms with Crippen molar-refractivity contribution in [3.05, 3.63) is 106 Å². The fraction of sp³-hybridized carbons (Fsp3) is 0.185. The van der Waals surface area contributed by atoms with Gasteiger partial charge < -0.3 is 24.1 Å². The number of nitrogens with one attached hydrogen (secondary N) is 1. The SMILES string of the molecule is COCCOc1ccc(N2C(=S)NC(c3ccccn3)C2c2ccc(-c3cccc([N+](=O)[O-])c3)o2)cc1Cl. The summed E-state index contributed by atoms with van der Waals surface area (Å²) in [7, 11) is 1.60. The number of halogens is 1. The number of nitrogens with zero attached hydrogens (tertiary/aromatic N) is 3. The molecule has 1 fully saturated rings. The number of benzene rings is 2. The molecule has 2 unspecified atom stereocenters. The highest BCUT2D eigenvalue weighted by Crippen LogP contribution is 2.44. The van der Waals surface area contributed by atoms with Gasteiger partial charge in [-0.2, -0.15) is 0 Å². The van der Waals surface area contributed by atoms with E-state index < -0.39 is 11.0 Å². The summed E-state index contributed by atoms with van der Waals surface area (Å²) in [6.07, 6.45) is 1.72. The second-order valence-corrected chi connectivity index (χ2v) is 9.26. The molecule has 0 amide bonds. The summed E-state index contributed by atoms with van der Waals surface area (Å²) in [6.45, 7) is 0.813. The first-order valence-electron chi connectivity index (χ1n) is 11.7. The highest BCUT2D eigenvalue weighted by molar-refractivity contribution is 7.80. The monoisotopic (exact) mass is 550 g/mol. The Morgan fingerprint density at radius 3 is 2.74 bits per heavy atom. The molecule has 1 N–H and O–H groups in total. The Bertz CT molecular complexity index is 1460. The number of non-ortho nitro benzene ring substituents is 1. The molecule has 0 aliphatic carbocycles. The molecule has 11 heteroatoms. The van der Waals surface area contributed by atoms with Crippen molar-refractivity contribution < 1.29 is 18.8 Å². The van der Waals surface area contributed by atoms with Crippen molar-refractivity contribution in [3.63, 3.8) is 0 Å². The number of aromatic nitrogens is 1. The van der Waals surface area contributed by atoms with Gasteiger partial charge in [0.05, 0.1) is 28.3 Å². The smallest absolute Gasteiger partial charge is 0.270 e. The molecule has 1 aliphatic rings. The number of ether oxygens (including phenoxy) is 2. The van der Waals surface area contributed by atoms with Crippen molar-refractivity contribution >= 4 is 40.3 Å². The van der Waals surface area contributed by atoms with Crippen LogP contribution in [-0.4, -0.2) is 35.3 Å². The summed E-state index contributed by atoms with van der Waals surface area (Å²) < 4.78 is 17.0. The molecule has 194 valence electrons. The first-order valence-corrected chi connectivity index (χ1v) is 12.5. The lowest BCUT2D eigenvalue weighted by molar-refractivity contribution is -0.384. The van der Waals surface area contributed by atoms with E-state index in [9.17, 15) is 10.1 Å². The van der Waals surface area contributed by atoms with Crippen molar-refractivity contribution in [2.24, 2.45) is 0 Å². The van der Waals surface area contributed by atoms with Crippen LogP contribution in [0.5, 0.6) is 5.75 Å². The van der Waals surface area contributed by atoms with Crippen LogP contribution >= 0.6 is 23.8 Å². The highest BCUT2D eigenvalue weighted by atomic mass is 35.5. The highest BCUT2D eigenvalue weighted by Gasteiger charge is 2.42. The Kier molecular flexibility index (Phi) is 7.54. The van der Waals surface area contributed by atoms with Gasteiger partial charge in [0.1, 0.15) is 29.9 Å². The van der Waals surface area contributed by atoms with Crippen LogP contribution in [0.4, 0.5) is 11.4 Å². The van der Waals surface area contributed by atoms with E-state index in [4.69, 9.17) is 37.7 Å². The number of pyridine rings is 1. The van der Waals surface area contributed by atoms with E-state index in [0.29, 0.717) is 46.2 Å². The van der Waals surface area contributed by atoms with Gasteiger partial charge in [-0.25, -0.2) is 0 Å². The van der Waals surface area contributed by atoms with Crippen LogP contribution in [-0.2, 0) is 4.74 Å². The molecule has 5 rings (SSSR count). The van der Waals surface area contributed by atoms with Gasteiger partial charge in [-0.05, 0) is 54.7 Å². The number of thiocarbonyl (C=S) groups is 1. The molecule has 9 nitrogen and oxygen atoms in total. The summed E-state index contributed by atoms with van der Waals surface area (Å²) >= 11 is 12.3. The second kappa shape index (κ2) is 11.2. The van der Waals surface area contributed by atoms with Crippen LogP contribution in [0.2, 0.25) is 5.02 Å². The third-order valence-corrected chi connectivity index (χ3v) is 6.71. The largest absolute Gasteiger partial charge is 0.490 e. The fourth-order valence-corrected chi connectivity index (χ4v) is 4.93. The summed E-state index contributed by atoms with van der Waals surface area (Å²) in [5.74, 6) is 1.64. The minimum Gasteiger partial charge on any atom is -0.490 e. The minimum absolute atomic E-state index is 0.0143. The Balaban J connectivity index is 1.53. The average molecular weight is 551 g/mol. The molecule has 0 bridgehead atoms. The third kappa shape index (κ3) is 5.19. The van der Waals surface area contributed by atoms with Crippen molar-refractivity contribution in [2.75, 3.05) is 25.2 Å². The maximum absolute atomic E-state index is 11.3. The molecule has 0 radical (unpaired) electrons. The van der Waals surface area contributed by atoms with Crippen LogP contribution < -0.4 is 15.0 Å². The fourth-order valence-electron chi connectivity index (χ4n) is 4.35. The zero-order valence-corrected chi connectivity index (χ0v) is 21.8. The first-order chi connectivity index (χ1) is 18.5. The maximum Gasteiger partial charge on any atom is 0.270 e. The molecule has 3 heterocycles. The number of nitro groups is 1. The van der Waals surface area contributed by atoms with Crippen molar-refractivity contribution in [1.82, 2.24) is 10.3 Å². The average Bonchev–Trinajstić information content (AvgIpc) is 3.55. The Morgan fingerprint density at radius 1 is 1.13 bits per heavy atom. The van der Waals surface area contributed by atoms with Crippen molar-refractivity contribution in [2.45, 2.75) is 12.1 Å². The number of rotatable bonds is 9. The van der Waals surface area contributed by atoms with Crippen LogP contribution in [0.3, 0.4) is 0 Å². The minimum atomic E-state index is -0.433. The molecule has 2 aromatic carbocycles. The van der Waals surface area contributed by atoms with E-state index in [2.05, 4.69) is 10.3 Å². The zero-order valence-electron chi connectivity index (χ0n) is 20.2. The van der Waals surface area contributed by atoms with E-state index in [1.807, 2.05) is 35.2 Å². The van der Waals surface area contributed by atoms with E-state index in [-0.39, 0.29) is 11.7 Å². The summed E-state index contributed by atoms with van der Waals surface area (Å²) in [6, 6.07) is 20.3. The van der Waals surface area contributed by atoms with Gasteiger partial charge in [0.25, 0.3) is 5.69 Å². The van der Waals surface area contributed by atoms with Crippen molar-refractivity contribution in [3.8, 4) is 17.1 Å². The van der Waals surface area contributed by atoms with Crippen LogP contribution in [0.1, 0.15) is 23.5 Å². The normalized spacial score (nSPS) is 16.9. The third-order valence-electron chi connectivity index (χ3n) is 6.10. The lowest BCUT2D eigenvalue weighted by Crippen LogP contribution is -2.29. The maximum atomic E-state index is 11.3. The lowest BCUT2D eigenvalue weighted by atomic mass is 10.0. The Hall–Kier alpha value is -3.99. The molecular weight excluding hydrogens is 528 g/mol. The van der Waals surface area contributed by atoms with Crippen LogP contribution in [0.15, 0.2) is 83.4 Å². The van der Waals surface area contributed by atoms with E-state index in [0.717, 1.165) is 11.4 Å². The molecule has 1 saturated heterocycles. The molecule has 2 aromatic heterocycles. The predicted molar refractivity (Wildman–Crippen MR) is 148 cm³/mol. The van der Waals surface area contributed by atoms with Gasteiger partial charge in [0.15, 0.2) is 5.11 Å². The van der Waals surface area contributed by atoms with Gasteiger partial charge in [-0.3, -0.25) is 15.1 Å². The number of methoxy groups -OCH3 is 1. The van der Waals surface area contributed by atoms with Gasteiger partial charge in [0, 0.05) is 36.7 Å². The summed E-state index contributed by atoms with van der Waals surface area (Å²) in [4.78, 5) is 17.3. The second-order valence-electron chi connectivity index (χ2n) is 8.46. The van der Waals surface area contributed by atoms with Crippen LogP contribution in [0, 0.1) is 10.1 Å². The molecule has 0 spiro atoms. The topological polar surface area (TPSA) is 103 Å². The molecule has 4 aromatic rings. The standard InChI is InChI=1S/C27H23ClN4O5S/c1-35-13-14-36-23-9-8-18(16-20(23)28)31-26(25(30-27(31)38)21-7-2-3-12-29-21)24-11-10-22(37-24)17-5-4-6-19(15-17)32(33)34/h2-12,15-16,25-26H,13-14H2,1H3,(H,30,38). The van der Waals surface area contributed by atoms with Gasteiger partial charge in [0.2, 0.25) is 0 Å². The number of hydrogen-bond donors (Lipinski definition) is 1. The predicted octanol–water partition coefficient (Wildman–Crippen LogP) is 6.11. The molecular formula is C27H23ClN4O5S. The molecule has 38 heavy (non-hydrogen) atoms. The van der Waals surface area contributed by atoms with Gasteiger partial charge >= 0.3 is 0 Å². The van der Waals surface area contributed by atoms with Crippen LogP contribution in [0.25, 0.3) is 11.3 Å². The van der Waals surface area contributed by atoms with Crippen molar-refractivity contribution in [1.29, 1.82) is 0 Å². The van der Waals surface area contributed by atoms with E-state index in [1.54, 1.807) is 43.6 Å². The number of nitro benzene ring substituents is 1. The summed E-state index contributed by atoms with van der Waals surface area (Å²) in [5, 5.41) is 15.5. The van der Waals surface area contributed by atoms with E-state index >= 15 is 0 Å². The zero-order chi connectivity index (χ0) is 26.6. The first kappa shape index (κ1) is 25.7. The lowest BCUT2D eigenvalue weighted by Gasteiger charge is -2.26. The molecule has 2 atom stereocenters. The van der Waals surface area contributed by atoms with Gasteiger partial charge in [-0.1, -0.05) is 29.8 Å². The Morgan fingerprint density at radius 2 is 2.00 bits per heavy atom.